The topological polar surface area (TPSA) is 50.7 Å². The van der Waals surface area contributed by atoms with Crippen LogP contribution in [0.4, 0.5) is 5.82 Å². The number of nitrogens with one attached hydrogen (secondary N) is 1. The molecular weight excluding hydrogens is 283 g/mol. The van der Waals surface area contributed by atoms with Crippen molar-refractivity contribution in [3.63, 3.8) is 0 Å². The summed E-state index contributed by atoms with van der Waals surface area (Å²) in [6.45, 7) is 2.83. The first-order chi connectivity index (χ1) is 9.19. The van der Waals surface area contributed by atoms with Crippen LogP contribution in [0, 0.1) is 0 Å². The Morgan fingerprint density at radius 1 is 1.32 bits per heavy atom. The summed E-state index contributed by atoms with van der Waals surface area (Å²) in [6.07, 6.45) is 4.30. The van der Waals surface area contributed by atoms with Crippen molar-refractivity contribution in [1.82, 2.24) is 15.0 Å². The van der Waals surface area contributed by atoms with Gasteiger partial charge >= 0.3 is 0 Å². The third kappa shape index (κ3) is 2.26. The second kappa shape index (κ2) is 4.94. The molecule has 0 fully saturated rings. The lowest BCUT2D eigenvalue weighted by atomic mass is 9.95. The Labute approximate surface area is 121 Å². The average molecular weight is 295 g/mol. The predicted octanol–water partition coefficient (Wildman–Crippen LogP) is 3.30. The van der Waals surface area contributed by atoms with Crippen molar-refractivity contribution in [2.45, 2.75) is 19.3 Å². The fourth-order valence-corrected chi connectivity index (χ4v) is 2.70. The molecule has 0 aliphatic carbocycles. The first kappa shape index (κ1) is 12.6. The van der Waals surface area contributed by atoms with Crippen LogP contribution in [-0.4, -0.2) is 21.5 Å². The normalized spacial score (nSPS) is 17.1. The molecule has 2 aromatic heterocycles. The van der Waals surface area contributed by atoms with Crippen molar-refractivity contribution in [2.75, 3.05) is 11.9 Å². The second-order valence-electron chi connectivity index (χ2n) is 4.43. The molecule has 98 valence electrons. The van der Waals surface area contributed by atoms with Gasteiger partial charge < -0.3 is 5.32 Å². The first-order valence-electron chi connectivity index (χ1n) is 6.09. The van der Waals surface area contributed by atoms with Crippen LogP contribution < -0.4 is 5.32 Å². The standard InChI is InChI=1S/C13H12Cl2N4/c1-2-7-4-18-13(15)19-11(7)10-6-17-12-9(10)3-8(14)5-16-12/h3-5,10H,2,6H2,1H3,(H,16,17). The molecule has 1 unspecified atom stereocenters. The summed E-state index contributed by atoms with van der Waals surface area (Å²) in [7, 11) is 0. The lowest BCUT2D eigenvalue weighted by molar-refractivity contribution is 0.820. The maximum atomic E-state index is 6.03. The molecule has 1 N–H and O–H groups in total. The van der Waals surface area contributed by atoms with Gasteiger partial charge in [-0.05, 0) is 29.7 Å². The van der Waals surface area contributed by atoms with Crippen molar-refractivity contribution in [3.05, 3.63) is 45.6 Å². The molecule has 0 amide bonds. The van der Waals surface area contributed by atoms with E-state index < -0.39 is 0 Å². The van der Waals surface area contributed by atoms with Crippen LogP contribution in [-0.2, 0) is 6.42 Å². The molecule has 3 heterocycles. The lowest BCUT2D eigenvalue weighted by Gasteiger charge is -2.13. The highest BCUT2D eigenvalue weighted by molar-refractivity contribution is 6.30. The number of aromatic nitrogens is 3. The molecule has 1 aliphatic heterocycles. The third-order valence-corrected chi connectivity index (χ3v) is 3.70. The Morgan fingerprint density at radius 2 is 2.16 bits per heavy atom. The van der Waals surface area contributed by atoms with Crippen LogP contribution in [0.5, 0.6) is 0 Å². The zero-order chi connectivity index (χ0) is 13.4. The first-order valence-corrected chi connectivity index (χ1v) is 6.85. The maximum absolute atomic E-state index is 6.03. The largest absolute Gasteiger partial charge is 0.369 e. The van der Waals surface area contributed by atoms with Crippen molar-refractivity contribution in [2.24, 2.45) is 0 Å². The molecule has 19 heavy (non-hydrogen) atoms. The van der Waals surface area contributed by atoms with E-state index in [1.54, 1.807) is 12.4 Å². The highest BCUT2D eigenvalue weighted by atomic mass is 35.5. The molecule has 3 rings (SSSR count). The molecule has 1 aliphatic rings. The van der Waals surface area contributed by atoms with E-state index >= 15 is 0 Å². The monoisotopic (exact) mass is 294 g/mol. The minimum atomic E-state index is 0.122. The number of rotatable bonds is 2. The minimum absolute atomic E-state index is 0.122. The number of nitrogens with zero attached hydrogens (tertiary/aromatic N) is 3. The van der Waals surface area contributed by atoms with Gasteiger partial charge in [-0.25, -0.2) is 15.0 Å². The van der Waals surface area contributed by atoms with Crippen molar-refractivity contribution >= 4 is 29.0 Å². The third-order valence-electron chi connectivity index (χ3n) is 3.31. The second-order valence-corrected chi connectivity index (χ2v) is 5.20. The van der Waals surface area contributed by atoms with Gasteiger partial charge in [-0.2, -0.15) is 0 Å². The summed E-state index contributed by atoms with van der Waals surface area (Å²) < 4.78 is 0. The van der Waals surface area contributed by atoms with E-state index in [1.165, 1.54) is 0 Å². The number of hydrogen-bond donors (Lipinski definition) is 1. The molecule has 1 atom stereocenters. The van der Waals surface area contributed by atoms with Gasteiger partial charge in [0.1, 0.15) is 5.82 Å². The van der Waals surface area contributed by atoms with E-state index in [2.05, 4.69) is 27.2 Å². The molecule has 0 bridgehead atoms. The summed E-state index contributed by atoms with van der Waals surface area (Å²) in [5.74, 6) is 0.989. The van der Waals surface area contributed by atoms with E-state index in [0.29, 0.717) is 5.02 Å². The van der Waals surface area contributed by atoms with Crippen LogP contribution >= 0.6 is 23.2 Å². The molecule has 2 aromatic rings. The van der Waals surface area contributed by atoms with Gasteiger partial charge in [-0.1, -0.05) is 18.5 Å². The van der Waals surface area contributed by atoms with E-state index in [-0.39, 0.29) is 11.2 Å². The van der Waals surface area contributed by atoms with Gasteiger partial charge in [0.15, 0.2) is 0 Å². The molecule has 0 radical (unpaired) electrons. The average Bonchev–Trinajstić information content (AvgIpc) is 2.81. The Hall–Kier alpha value is -1.39. The highest BCUT2D eigenvalue weighted by Gasteiger charge is 2.28. The summed E-state index contributed by atoms with van der Waals surface area (Å²) in [4.78, 5) is 12.7. The molecule has 6 heteroatoms. The smallest absolute Gasteiger partial charge is 0.222 e. The Kier molecular flexibility index (Phi) is 3.29. The van der Waals surface area contributed by atoms with Crippen molar-refractivity contribution in [1.29, 1.82) is 0 Å². The predicted molar refractivity (Wildman–Crippen MR) is 76.0 cm³/mol. The van der Waals surface area contributed by atoms with Crippen LogP contribution in [0.2, 0.25) is 10.3 Å². The zero-order valence-corrected chi connectivity index (χ0v) is 11.8. The SMILES string of the molecule is CCc1cnc(Cl)nc1C1CNc2ncc(Cl)cc21. The Bertz CT molecular complexity index is 630. The van der Waals surface area contributed by atoms with E-state index in [9.17, 15) is 0 Å². The number of pyridine rings is 1. The van der Waals surface area contributed by atoms with E-state index in [4.69, 9.17) is 23.2 Å². The lowest BCUT2D eigenvalue weighted by Crippen LogP contribution is -2.10. The number of aryl methyl sites for hydroxylation is 1. The van der Waals surface area contributed by atoms with Gasteiger partial charge in [0.25, 0.3) is 0 Å². The van der Waals surface area contributed by atoms with Gasteiger partial charge in [0.2, 0.25) is 5.28 Å². The van der Waals surface area contributed by atoms with Crippen LogP contribution in [0.3, 0.4) is 0 Å². The van der Waals surface area contributed by atoms with Crippen molar-refractivity contribution < 1.29 is 0 Å². The number of anilines is 1. The Morgan fingerprint density at radius 3 is 2.95 bits per heavy atom. The van der Waals surface area contributed by atoms with Gasteiger partial charge in [0.05, 0.1) is 10.7 Å². The van der Waals surface area contributed by atoms with Crippen LogP contribution in [0.1, 0.15) is 29.7 Å². The van der Waals surface area contributed by atoms with Crippen LogP contribution in [0.15, 0.2) is 18.5 Å². The summed E-state index contributed by atoms with van der Waals surface area (Å²) in [6, 6.07) is 1.93. The maximum Gasteiger partial charge on any atom is 0.222 e. The molecule has 0 spiro atoms. The summed E-state index contributed by atoms with van der Waals surface area (Å²) >= 11 is 12.0. The molecule has 0 saturated carbocycles. The molecular formula is C13H12Cl2N4. The summed E-state index contributed by atoms with van der Waals surface area (Å²) in [5, 5.41) is 4.18. The van der Waals surface area contributed by atoms with Crippen LogP contribution in [0.25, 0.3) is 0 Å². The van der Waals surface area contributed by atoms with Gasteiger partial charge in [0, 0.05) is 30.4 Å². The highest BCUT2D eigenvalue weighted by Crippen LogP contribution is 2.36. The minimum Gasteiger partial charge on any atom is -0.369 e. The number of halogens is 2. The summed E-state index contributed by atoms with van der Waals surface area (Å²) in [5.41, 5.74) is 3.12. The number of fused-ring (bicyclic) bond motifs is 1. The molecule has 0 aromatic carbocycles. The van der Waals surface area contributed by atoms with Crippen molar-refractivity contribution in [3.8, 4) is 0 Å². The molecule has 4 nitrogen and oxygen atoms in total. The number of hydrogen-bond acceptors (Lipinski definition) is 4. The fraction of sp³-hybridized carbons (Fsp3) is 0.308. The van der Waals surface area contributed by atoms with E-state index in [1.807, 2.05) is 6.07 Å². The quantitative estimate of drug-likeness (QED) is 0.864. The molecule has 0 saturated heterocycles. The zero-order valence-electron chi connectivity index (χ0n) is 10.3. The van der Waals surface area contributed by atoms with Gasteiger partial charge in [-0.15, -0.1) is 0 Å². The van der Waals surface area contributed by atoms with E-state index in [0.717, 1.165) is 35.6 Å². The fourth-order valence-electron chi connectivity index (χ4n) is 2.39. The van der Waals surface area contributed by atoms with Gasteiger partial charge in [-0.3, -0.25) is 0 Å². The Balaban J connectivity index is 2.10.